The van der Waals surface area contributed by atoms with Crippen molar-refractivity contribution < 1.29 is 17.4 Å². The zero-order valence-corrected chi connectivity index (χ0v) is 15.8. The Morgan fingerprint density at radius 3 is 2.50 bits per heavy atom. The van der Waals surface area contributed by atoms with E-state index in [0.717, 1.165) is 16.7 Å². The third kappa shape index (κ3) is 7.16. The Morgan fingerprint density at radius 2 is 2.00 bits per heavy atom. The predicted molar refractivity (Wildman–Crippen MR) is 92.7 cm³/mol. The van der Waals surface area contributed by atoms with Crippen LogP contribution in [-0.2, 0) is 23.5 Å². The van der Waals surface area contributed by atoms with Crippen LogP contribution < -0.4 is 10.6 Å². The molecule has 0 saturated carbocycles. The molecule has 1 rings (SSSR count). The molecule has 1 aromatic rings. The molecule has 1 aromatic heterocycles. The van der Waals surface area contributed by atoms with Gasteiger partial charge in [0.15, 0.2) is 11.7 Å². The van der Waals surface area contributed by atoms with Gasteiger partial charge in [0, 0.05) is 39.8 Å². The van der Waals surface area contributed by atoms with E-state index in [2.05, 4.69) is 20.6 Å². The first kappa shape index (κ1) is 20.9. The van der Waals surface area contributed by atoms with E-state index in [-0.39, 0.29) is 16.3 Å². The van der Waals surface area contributed by atoms with E-state index in [1.165, 1.54) is 0 Å². The smallest absolute Gasteiger partial charge is 0.357 e. The maximum absolute atomic E-state index is 12.5. The van der Waals surface area contributed by atoms with Gasteiger partial charge in [0.2, 0.25) is 0 Å². The number of aliphatic imine (C=N–C) groups is 1. The van der Waals surface area contributed by atoms with Gasteiger partial charge in [-0.05, 0) is 27.7 Å². The molecule has 1 atom stereocenters. The van der Waals surface area contributed by atoms with Crippen molar-refractivity contribution in [2.75, 3.05) is 18.8 Å². The average molecular weight is 384 g/mol. The van der Waals surface area contributed by atoms with Gasteiger partial charge in [-0.3, -0.25) is 4.21 Å². The van der Waals surface area contributed by atoms with Crippen LogP contribution in [0.15, 0.2) is 10.4 Å². The molecule has 1 unspecified atom stereocenters. The molecule has 5 nitrogen and oxygen atoms in total. The number of hydrogen-bond donors (Lipinski definition) is 2. The number of halogens is 3. The normalized spacial score (nSPS) is 14.5. The summed E-state index contributed by atoms with van der Waals surface area (Å²) in [5.41, 5.74) is -0.892. The van der Waals surface area contributed by atoms with Crippen LogP contribution in [0.1, 0.15) is 38.4 Å². The first-order valence-electron chi connectivity index (χ1n) is 7.46. The Labute approximate surface area is 146 Å². The number of nitrogens with one attached hydrogen (secondary N) is 2. The summed E-state index contributed by atoms with van der Waals surface area (Å²) in [4.78, 5) is 7.75. The van der Waals surface area contributed by atoms with E-state index in [9.17, 15) is 17.4 Å². The monoisotopic (exact) mass is 384 g/mol. The second kappa shape index (κ2) is 8.80. The number of nitrogens with zero attached hydrogens (tertiary/aromatic N) is 2. The fraction of sp³-hybridized carbons (Fsp3) is 0.714. The van der Waals surface area contributed by atoms with Crippen LogP contribution >= 0.6 is 11.3 Å². The number of hydrogen-bond acceptors (Lipinski definition) is 4. The van der Waals surface area contributed by atoms with Gasteiger partial charge in [0.1, 0.15) is 5.01 Å². The summed E-state index contributed by atoms with van der Waals surface area (Å²) in [5, 5.41) is 7.30. The van der Waals surface area contributed by atoms with Crippen LogP contribution in [0.3, 0.4) is 0 Å². The van der Waals surface area contributed by atoms with Gasteiger partial charge >= 0.3 is 6.18 Å². The molecule has 0 spiro atoms. The maximum Gasteiger partial charge on any atom is 0.434 e. The zero-order valence-electron chi connectivity index (χ0n) is 14.2. The van der Waals surface area contributed by atoms with Gasteiger partial charge in [0.05, 0.1) is 6.54 Å². The molecule has 0 aliphatic heterocycles. The van der Waals surface area contributed by atoms with Gasteiger partial charge in [-0.25, -0.2) is 9.98 Å². The highest BCUT2D eigenvalue weighted by Gasteiger charge is 2.33. The van der Waals surface area contributed by atoms with E-state index in [1.54, 1.807) is 0 Å². The number of aromatic nitrogens is 1. The summed E-state index contributed by atoms with van der Waals surface area (Å²) in [7, 11) is -0.985. The van der Waals surface area contributed by atoms with Crippen LogP contribution in [0.2, 0.25) is 0 Å². The van der Waals surface area contributed by atoms with Crippen molar-refractivity contribution in [3.8, 4) is 0 Å². The molecular weight excluding hydrogens is 361 g/mol. The lowest BCUT2D eigenvalue weighted by molar-refractivity contribution is -0.140. The van der Waals surface area contributed by atoms with E-state index in [4.69, 9.17) is 0 Å². The summed E-state index contributed by atoms with van der Waals surface area (Å²) in [6.07, 6.45) is -4.43. The van der Waals surface area contributed by atoms with Crippen molar-refractivity contribution in [2.45, 2.75) is 45.2 Å². The molecule has 138 valence electrons. The molecule has 0 aliphatic rings. The van der Waals surface area contributed by atoms with Crippen molar-refractivity contribution in [2.24, 2.45) is 4.99 Å². The van der Waals surface area contributed by atoms with E-state index in [1.807, 2.05) is 27.7 Å². The van der Waals surface area contributed by atoms with Gasteiger partial charge in [-0.15, -0.1) is 11.3 Å². The first-order chi connectivity index (χ1) is 11.0. The molecule has 0 bridgehead atoms. The Kier molecular flexibility index (Phi) is 7.65. The molecule has 1 heterocycles. The van der Waals surface area contributed by atoms with Gasteiger partial charge < -0.3 is 10.6 Å². The van der Waals surface area contributed by atoms with Crippen molar-refractivity contribution in [1.29, 1.82) is 0 Å². The summed E-state index contributed by atoms with van der Waals surface area (Å²) < 4.78 is 49.2. The summed E-state index contributed by atoms with van der Waals surface area (Å²) in [6, 6.07) is 0. The van der Waals surface area contributed by atoms with Crippen LogP contribution in [0.4, 0.5) is 13.2 Å². The second-order valence-corrected chi connectivity index (χ2v) is 9.17. The number of thiazole rings is 1. The first-order valence-corrected chi connectivity index (χ1v) is 9.66. The Hall–Kier alpha value is -1.16. The van der Waals surface area contributed by atoms with Crippen LogP contribution in [0.5, 0.6) is 0 Å². The topological polar surface area (TPSA) is 66.4 Å². The molecule has 0 saturated heterocycles. The molecule has 0 aliphatic carbocycles. The van der Waals surface area contributed by atoms with Crippen molar-refractivity contribution in [1.82, 2.24) is 15.6 Å². The Morgan fingerprint density at radius 1 is 1.33 bits per heavy atom. The van der Waals surface area contributed by atoms with E-state index in [0.29, 0.717) is 24.8 Å². The minimum atomic E-state index is -4.43. The number of rotatable bonds is 6. The van der Waals surface area contributed by atoms with Crippen LogP contribution in [-0.4, -0.2) is 38.7 Å². The van der Waals surface area contributed by atoms with Crippen LogP contribution in [0, 0.1) is 0 Å². The molecule has 10 heteroatoms. The highest BCUT2D eigenvalue weighted by atomic mass is 32.2. The lowest BCUT2D eigenvalue weighted by atomic mass is 10.3. The standard InChI is InChI=1S/C14H23F3N4OS2/c1-5-18-12(19-6-7-24(22)13(2,3)4)20-8-11-21-10(9-23-11)14(15,16)17/h9H,5-8H2,1-4H3,(H2,18,19,20). The highest BCUT2D eigenvalue weighted by Crippen LogP contribution is 2.30. The lowest BCUT2D eigenvalue weighted by Crippen LogP contribution is -2.40. The van der Waals surface area contributed by atoms with Crippen molar-refractivity contribution in [3.05, 3.63) is 16.1 Å². The zero-order chi connectivity index (χ0) is 18.4. The highest BCUT2D eigenvalue weighted by molar-refractivity contribution is 7.86. The fourth-order valence-electron chi connectivity index (χ4n) is 1.57. The third-order valence-electron chi connectivity index (χ3n) is 2.82. The van der Waals surface area contributed by atoms with Crippen molar-refractivity contribution >= 4 is 28.1 Å². The quantitative estimate of drug-likeness (QED) is 0.585. The van der Waals surface area contributed by atoms with Gasteiger partial charge in [0.25, 0.3) is 0 Å². The molecule has 0 amide bonds. The summed E-state index contributed by atoms with van der Waals surface area (Å²) in [6.45, 7) is 8.73. The fourth-order valence-corrected chi connectivity index (χ4v) is 3.19. The Bertz CT molecular complexity index is 579. The molecule has 24 heavy (non-hydrogen) atoms. The van der Waals surface area contributed by atoms with Gasteiger partial charge in [-0.2, -0.15) is 13.2 Å². The summed E-state index contributed by atoms with van der Waals surface area (Å²) >= 11 is 0.926. The molecule has 0 radical (unpaired) electrons. The molecule has 0 fully saturated rings. The predicted octanol–water partition coefficient (Wildman–Crippen LogP) is 2.76. The van der Waals surface area contributed by atoms with Crippen molar-refractivity contribution in [3.63, 3.8) is 0 Å². The van der Waals surface area contributed by atoms with Gasteiger partial charge in [-0.1, -0.05) is 0 Å². The minimum absolute atomic E-state index is 0.0540. The lowest BCUT2D eigenvalue weighted by Gasteiger charge is -2.18. The average Bonchev–Trinajstić information content (AvgIpc) is 2.92. The van der Waals surface area contributed by atoms with Crippen LogP contribution in [0.25, 0.3) is 0 Å². The second-order valence-electron chi connectivity index (χ2n) is 5.91. The largest absolute Gasteiger partial charge is 0.434 e. The molecule has 0 aromatic carbocycles. The molecule has 2 N–H and O–H groups in total. The molecular formula is C14H23F3N4OS2. The SMILES string of the molecule is CCNC(=NCc1nc(C(F)(F)F)cs1)NCCS(=O)C(C)(C)C. The minimum Gasteiger partial charge on any atom is -0.357 e. The van der Waals surface area contributed by atoms with E-state index >= 15 is 0 Å². The van der Waals surface area contributed by atoms with E-state index < -0.39 is 22.7 Å². The Balaban J connectivity index is 2.59. The summed E-state index contributed by atoms with van der Waals surface area (Å²) in [5.74, 6) is 0.927. The number of alkyl halides is 3. The number of guanidine groups is 1. The third-order valence-corrected chi connectivity index (χ3v) is 5.60. The maximum atomic E-state index is 12.5.